The molecular formula is C21H17F3N6O. The number of halogens is 3. The SMILES string of the molecule is CCc1nccc(Oc2ccc(-c3nc(Nc4cccc(C(F)(F)F)c4)n[nH]3)cc2)n1. The van der Waals surface area contributed by atoms with E-state index in [9.17, 15) is 13.2 Å². The molecule has 4 aromatic rings. The summed E-state index contributed by atoms with van der Waals surface area (Å²) in [7, 11) is 0. The van der Waals surface area contributed by atoms with Crippen LogP contribution in [0.25, 0.3) is 11.4 Å². The van der Waals surface area contributed by atoms with Crippen molar-refractivity contribution in [2.45, 2.75) is 19.5 Å². The molecule has 158 valence electrons. The summed E-state index contributed by atoms with van der Waals surface area (Å²) in [5, 5.41) is 9.55. The number of rotatable bonds is 6. The van der Waals surface area contributed by atoms with E-state index in [-0.39, 0.29) is 11.6 Å². The summed E-state index contributed by atoms with van der Waals surface area (Å²) in [6.45, 7) is 1.96. The van der Waals surface area contributed by atoms with Crippen LogP contribution in [-0.4, -0.2) is 25.1 Å². The Morgan fingerprint density at radius 3 is 2.58 bits per heavy atom. The lowest BCUT2D eigenvalue weighted by Gasteiger charge is -2.08. The van der Waals surface area contributed by atoms with Crippen LogP contribution in [0.1, 0.15) is 18.3 Å². The third-order valence-electron chi connectivity index (χ3n) is 4.28. The number of aryl methyl sites for hydroxylation is 1. The number of hydrogen-bond donors (Lipinski definition) is 2. The van der Waals surface area contributed by atoms with Gasteiger partial charge in [-0.15, -0.1) is 5.10 Å². The van der Waals surface area contributed by atoms with E-state index in [4.69, 9.17) is 4.74 Å². The maximum Gasteiger partial charge on any atom is 0.416 e. The topological polar surface area (TPSA) is 88.6 Å². The fourth-order valence-corrected chi connectivity index (χ4v) is 2.76. The first-order chi connectivity index (χ1) is 14.9. The predicted molar refractivity (Wildman–Crippen MR) is 108 cm³/mol. The minimum absolute atomic E-state index is 0.155. The molecule has 0 spiro atoms. The van der Waals surface area contributed by atoms with Gasteiger partial charge in [-0.3, -0.25) is 5.10 Å². The maximum absolute atomic E-state index is 12.9. The molecule has 2 aromatic heterocycles. The highest BCUT2D eigenvalue weighted by Crippen LogP contribution is 2.31. The van der Waals surface area contributed by atoms with Gasteiger partial charge in [0.2, 0.25) is 11.8 Å². The van der Waals surface area contributed by atoms with E-state index in [0.717, 1.165) is 17.7 Å². The molecule has 0 bridgehead atoms. The van der Waals surface area contributed by atoms with Gasteiger partial charge in [-0.1, -0.05) is 13.0 Å². The Hall–Kier alpha value is -3.95. The van der Waals surface area contributed by atoms with Crippen molar-refractivity contribution >= 4 is 11.6 Å². The molecule has 0 fully saturated rings. The quantitative estimate of drug-likeness (QED) is 0.430. The number of nitrogens with zero attached hydrogens (tertiary/aromatic N) is 4. The summed E-state index contributed by atoms with van der Waals surface area (Å²) >= 11 is 0. The minimum Gasteiger partial charge on any atom is -0.439 e. The van der Waals surface area contributed by atoms with Gasteiger partial charge in [0.25, 0.3) is 0 Å². The van der Waals surface area contributed by atoms with Crippen molar-refractivity contribution in [3.8, 4) is 23.0 Å². The fourth-order valence-electron chi connectivity index (χ4n) is 2.76. The Morgan fingerprint density at radius 1 is 1.03 bits per heavy atom. The number of anilines is 2. The summed E-state index contributed by atoms with van der Waals surface area (Å²) in [5.74, 6) is 2.34. The first-order valence-corrected chi connectivity index (χ1v) is 9.37. The van der Waals surface area contributed by atoms with Crippen molar-refractivity contribution < 1.29 is 17.9 Å². The third-order valence-corrected chi connectivity index (χ3v) is 4.28. The molecule has 10 heteroatoms. The molecule has 0 atom stereocenters. The summed E-state index contributed by atoms with van der Waals surface area (Å²) < 4.78 is 44.3. The number of hydrogen-bond acceptors (Lipinski definition) is 6. The smallest absolute Gasteiger partial charge is 0.416 e. The molecule has 0 amide bonds. The van der Waals surface area contributed by atoms with E-state index in [1.807, 2.05) is 6.92 Å². The van der Waals surface area contributed by atoms with Gasteiger partial charge in [0.1, 0.15) is 11.6 Å². The lowest BCUT2D eigenvalue weighted by Crippen LogP contribution is -2.05. The highest BCUT2D eigenvalue weighted by molar-refractivity contribution is 5.60. The molecule has 2 aromatic carbocycles. The van der Waals surface area contributed by atoms with E-state index in [1.165, 1.54) is 12.1 Å². The molecule has 2 N–H and O–H groups in total. The zero-order chi connectivity index (χ0) is 21.8. The van der Waals surface area contributed by atoms with Crippen LogP contribution in [-0.2, 0) is 12.6 Å². The van der Waals surface area contributed by atoms with E-state index in [0.29, 0.717) is 29.7 Å². The van der Waals surface area contributed by atoms with Gasteiger partial charge < -0.3 is 10.1 Å². The van der Waals surface area contributed by atoms with Crippen molar-refractivity contribution in [3.63, 3.8) is 0 Å². The Balaban J connectivity index is 1.45. The Morgan fingerprint density at radius 2 is 1.84 bits per heavy atom. The van der Waals surface area contributed by atoms with Gasteiger partial charge in [0.05, 0.1) is 5.56 Å². The molecule has 0 saturated heterocycles. The summed E-state index contributed by atoms with van der Waals surface area (Å²) in [6.07, 6.45) is -2.07. The van der Waals surface area contributed by atoms with Gasteiger partial charge in [-0.2, -0.15) is 23.1 Å². The van der Waals surface area contributed by atoms with Crippen molar-refractivity contribution in [3.05, 3.63) is 72.2 Å². The molecule has 7 nitrogen and oxygen atoms in total. The van der Waals surface area contributed by atoms with Crippen LogP contribution in [0.15, 0.2) is 60.8 Å². The van der Waals surface area contributed by atoms with Crippen molar-refractivity contribution in [1.82, 2.24) is 25.1 Å². The van der Waals surface area contributed by atoms with E-state index < -0.39 is 11.7 Å². The van der Waals surface area contributed by atoms with Crippen molar-refractivity contribution in [2.24, 2.45) is 0 Å². The molecule has 4 rings (SSSR count). The lowest BCUT2D eigenvalue weighted by atomic mass is 10.2. The monoisotopic (exact) mass is 426 g/mol. The van der Waals surface area contributed by atoms with Crippen LogP contribution < -0.4 is 10.1 Å². The second-order valence-corrected chi connectivity index (χ2v) is 6.50. The van der Waals surface area contributed by atoms with Crippen LogP contribution >= 0.6 is 0 Å². The normalized spacial score (nSPS) is 11.4. The van der Waals surface area contributed by atoms with Crippen LogP contribution in [0, 0.1) is 0 Å². The van der Waals surface area contributed by atoms with Crippen molar-refractivity contribution in [1.29, 1.82) is 0 Å². The van der Waals surface area contributed by atoms with E-state index >= 15 is 0 Å². The number of H-pyrrole nitrogens is 1. The predicted octanol–water partition coefficient (Wildman–Crippen LogP) is 5.38. The number of benzene rings is 2. The van der Waals surface area contributed by atoms with Crippen molar-refractivity contribution in [2.75, 3.05) is 5.32 Å². The van der Waals surface area contributed by atoms with E-state index in [2.05, 4.69) is 30.5 Å². The largest absolute Gasteiger partial charge is 0.439 e. The van der Waals surface area contributed by atoms with E-state index in [1.54, 1.807) is 36.5 Å². The third kappa shape index (κ3) is 4.97. The van der Waals surface area contributed by atoms with Gasteiger partial charge in [-0.05, 0) is 42.5 Å². The Kier molecular flexibility index (Phi) is 5.52. The van der Waals surface area contributed by atoms with Crippen LogP contribution in [0.4, 0.5) is 24.8 Å². The zero-order valence-corrected chi connectivity index (χ0v) is 16.3. The van der Waals surface area contributed by atoms with Gasteiger partial charge in [0, 0.05) is 29.9 Å². The lowest BCUT2D eigenvalue weighted by molar-refractivity contribution is -0.137. The summed E-state index contributed by atoms with van der Waals surface area (Å²) in [5.41, 5.74) is 0.216. The van der Waals surface area contributed by atoms with Gasteiger partial charge in [0.15, 0.2) is 5.82 Å². The highest BCUT2D eigenvalue weighted by Gasteiger charge is 2.30. The van der Waals surface area contributed by atoms with Gasteiger partial charge >= 0.3 is 6.18 Å². The second kappa shape index (κ2) is 8.42. The standard InChI is InChI=1S/C21H17F3N6O/c1-2-17-25-11-10-18(27-17)31-16-8-6-13(7-9-16)19-28-20(30-29-19)26-15-5-3-4-14(12-15)21(22,23)24/h3-12H,2H2,1H3,(H2,26,28,29,30). The number of alkyl halides is 3. The first kappa shape index (κ1) is 20.3. The average molecular weight is 426 g/mol. The minimum atomic E-state index is -4.42. The number of aromatic amines is 1. The molecule has 0 saturated carbocycles. The number of aromatic nitrogens is 5. The van der Waals surface area contributed by atoms with Crippen LogP contribution in [0.2, 0.25) is 0 Å². The molecule has 0 unspecified atom stereocenters. The molecule has 2 heterocycles. The first-order valence-electron chi connectivity index (χ1n) is 9.37. The highest BCUT2D eigenvalue weighted by atomic mass is 19.4. The second-order valence-electron chi connectivity index (χ2n) is 6.50. The van der Waals surface area contributed by atoms with Crippen LogP contribution in [0.3, 0.4) is 0 Å². The molecular weight excluding hydrogens is 409 g/mol. The van der Waals surface area contributed by atoms with Gasteiger partial charge in [-0.25, -0.2) is 4.98 Å². The Labute approximate surface area is 175 Å². The number of ether oxygens (including phenoxy) is 1. The number of nitrogens with one attached hydrogen (secondary N) is 2. The molecule has 0 aliphatic heterocycles. The molecule has 31 heavy (non-hydrogen) atoms. The average Bonchev–Trinajstić information content (AvgIpc) is 3.22. The molecule has 0 aliphatic rings. The molecule has 0 radical (unpaired) electrons. The maximum atomic E-state index is 12.9. The zero-order valence-electron chi connectivity index (χ0n) is 16.3. The summed E-state index contributed by atoms with van der Waals surface area (Å²) in [6, 6.07) is 13.6. The Bertz CT molecular complexity index is 1170. The van der Waals surface area contributed by atoms with Crippen LogP contribution in [0.5, 0.6) is 11.6 Å². The fraction of sp³-hybridized carbons (Fsp3) is 0.143. The summed E-state index contributed by atoms with van der Waals surface area (Å²) in [4.78, 5) is 12.7. The molecule has 0 aliphatic carbocycles.